The van der Waals surface area contributed by atoms with Crippen molar-refractivity contribution in [2.24, 2.45) is 0 Å². The monoisotopic (exact) mass is 317 g/mol. The van der Waals surface area contributed by atoms with E-state index in [0.29, 0.717) is 32.7 Å². The van der Waals surface area contributed by atoms with Crippen LogP contribution in [0.25, 0.3) is 0 Å². The molecule has 0 radical (unpaired) electrons. The molecule has 1 heterocycles. The van der Waals surface area contributed by atoms with Crippen LogP contribution in [0.4, 0.5) is 0 Å². The number of nitrogens with zero attached hydrogens (tertiary/aromatic N) is 1. The normalized spacial score (nSPS) is 17.1. The van der Waals surface area contributed by atoms with Gasteiger partial charge in [-0.05, 0) is 35.7 Å². The highest BCUT2D eigenvalue weighted by atomic mass is 35.5. The molecule has 20 heavy (non-hydrogen) atoms. The van der Waals surface area contributed by atoms with Crippen molar-refractivity contribution < 1.29 is 17.9 Å². The van der Waals surface area contributed by atoms with Crippen LogP contribution in [0.2, 0.25) is 0 Å². The second-order valence-corrected chi connectivity index (χ2v) is 6.88. The highest BCUT2D eigenvalue weighted by molar-refractivity contribution is 7.89. The van der Waals surface area contributed by atoms with E-state index in [0.717, 1.165) is 5.56 Å². The third-order valence-corrected chi connectivity index (χ3v) is 5.24. The molecule has 2 rings (SSSR count). The van der Waals surface area contributed by atoms with Gasteiger partial charge in [-0.25, -0.2) is 8.42 Å². The lowest BCUT2D eigenvalue weighted by atomic mass is 10.1. The Labute approximate surface area is 123 Å². The predicted molar refractivity (Wildman–Crippen MR) is 75.2 cm³/mol. The van der Waals surface area contributed by atoms with Crippen LogP contribution >= 0.6 is 11.6 Å². The van der Waals surface area contributed by atoms with Gasteiger partial charge >= 0.3 is 0 Å². The highest BCUT2D eigenvalue weighted by Crippen LogP contribution is 2.18. The van der Waals surface area contributed by atoms with E-state index in [1.807, 2.05) is 0 Å². The molecule has 0 aromatic heterocycles. The molecule has 110 valence electrons. The Kier molecular flexibility index (Phi) is 5.15. The van der Waals surface area contributed by atoms with Gasteiger partial charge in [-0.1, -0.05) is 12.1 Å². The maximum absolute atomic E-state index is 12.4. The SMILES string of the molecule is O=C(Cl)CCc1ccc(S(=O)(=O)N2CCOCC2)cc1. The number of sulfonamides is 1. The lowest BCUT2D eigenvalue weighted by molar-refractivity contribution is -0.111. The zero-order chi connectivity index (χ0) is 14.6. The van der Waals surface area contributed by atoms with Gasteiger partial charge in [0.1, 0.15) is 0 Å². The number of benzene rings is 1. The molecule has 0 unspecified atom stereocenters. The van der Waals surface area contributed by atoms with Crippen molar-refractivity contribution in [3.05, 3.63) is 29.8 Å². The van der Waals surface area contributed by atoms with Crippen molar-refractivity contribution in [3.8, 4) is 0 Å². The number of hydrogen-bond acceptors (Lipinski definition) is 4. The quantitative estimate of drug-likeness (QED) is 0.770. The molecule has 0 amide bonds. The average molecular weight is 318 g/mol. The van der Waals surface area contributed by atoms with Crippen LogP contribution in [0.5, 0.6) is 0 Å². The number of ether oxygens (including phenoxy) is 1. The van der Waals surface area contributed by atoms with Crippen LogP contribution in [0.3, 0.4) is 0 Å². The molecule has 1 saturated heterocycles. The second kappa shape index (κ2) is 6.67. The van der Waals surface area contributed by atoms with Crippen LogP contribution < -0.4 is 0 Å². The van der Waals surface area contributed by atoms with E-state index in [2.05, 4.69) is 0 Å². The largest absolute Gasteiger partial charge is 0.379 e. The first-order chi connectivity index (χ1) is 9.50. The van der Waals surface area contributed by atoms with Crippen LogP contribution in [-0.2, 0) is 26.0 Å². The number of aryl methyl sites for hydroxylation is 1. The van der Waals surface area contributed by atoms with E-state index in [9.17, 15) is 13.2 Å². The maximum atomic E-state index is 12.4. The maximum Gasteiger partial charge on any atom is 0.243 e. The van der Waals surface area contributed by atoms with E-state index in [1.165, 1.54) is 4.31 Å². The molecule has 0 bridgehead atoms. The van der Waals surface area contributed by atoms with Crippen LogP contribution in [-0.4, -0.2) is 44.3 Å². The Morgan fingerprint density at radius 1 is 1.20 bits per heavy atom. The molecule has 1 aliphatic heterocycles. The minimum Gasteiger partial charge on any atom is -0.379 e. The molecule has 0 aliphatic carbocycles. The van der Waals surface area contributed by atoms with Crippen molar-refractivity contribution in [3.63, 3.8) is 0 Å². The van der Waals surface area contributed by atoms with Gasteiger partial charge < -0.3 is 4.74 Å². The molecule has 1 fully saturated rings. The summed E-state index contributed by atoms with van der Waals surface area (Å²) >= 11 is 5.28. The fourth-order valence-electron chi connectivity index (χ4n) is 2.01. The summed E-state index contributed by atoms with van der Waals surface area (Å²) in [6.45, 7) is 1.61. The minimum atomic E-state index is -3.45. The fourth-order valence-corrected chi connectivity index (χ4v) is 3.51. The van der Waals surface area contributed by atoms with E-state index < -0.39 is 15.3 Å². The summed E-state index contributed by atoms with van der Waals surface area (Å²) in [5.74, 6) is 0. The molecule has 0 N–H and O–H groups in total. The first kappa shape index (κ1) is 15.4. The summed E-state index contributed by atoms with van der Waals surface area (Å²) in [7, 11) is -3.45. The molecule has 1 aromatic rings. The summed E-state index contributed by atoms with van der Waals surface area (Å²) in [6.07, 6.45) is 0.761. The van der Waals surface area contributed by atoms with Crippen molar-refractivity contribution in [1.29, 1.82) is 0 Å². The molecule has 0 atom stereocenters. The van der Waals surface area contributed by atoms with Gasteiger partial charge in [0.2, 0.25) is 15.3 Å². The van der Waals surface area contributed by atoms with E-state index >= 15 is 0 Å². The van der Waals surface area contributed by atoms with Crippen molar-refractivity contribution >= 4 is 26.9 Å². The second-order valence-electron chi connectivity index (χ2n) is 4.52. The molecule has 0 spiro atoms. The Balaban J connectivity index is 2.10. The topological polar surface area (TPSA) is 63.7 Å². The third-order valence-electron chi connectivity index (χ3n) is 3.14. The van der Waals surface area contributed by atoms with E-state index in [1.54, 1.807) is 24.3 Å². The predicted octanol–water partition coefficient (Wildman–Crippen LogP) is 1.41. The Hall–Kier alpha value is -0.950. The van der Waals surface area contributed by atoms with Gasteiger partial charge in [0.15, 0.2) is 0 Å². The van der Waals surface area contributed by atoms with E-state index in [4.69, 9.17) is 16.3 Å². The van der Waals surface area contributed by atoms with Gasteiger partial charge in [-0.3, -0.25) is 4.79 Å². The number of morpholine rings is 1. The number of carbonyl (C=O) groups excluding carboxylic acids is 1. The highest BCUT2D eigenvalue weighted by Gasteiger charge is 2.25. The number of hydrogen-bond donors (Lipinski definition) is 0. The number of rotatable bonds is 5. The van der Waals surface area contributed by atoms with Crippen LogP contribution in [0.15, 0.2) is 29.2 Å². The zero-order valence-corrected chi connectivity index (χ0v) is 12.5. The Bertz CT molecular complexity index is 565. The van der Waals surface area contributed by atoms with Crippen LogP contribution in [0.1, 0.15) is 12.0 Å². The Morgan fingerprint density at radius 3 is 2.35 bits per heavy atom. The molecule has 1 aromatic carbocycles. The summed E-state index contributed by atoms with van der Waals surface area (Å²) in [6, 6.07) is 6.57. The summed E-state index contributed by atoms with van der Waals surface area (Å²) in [5, 5.41) is -0.394. The van der Waals surface area contributed by atoms with Gasteiger partial charge in [0.25, 0.3) is 0 Å². The Morgan fingerprint density at radius 2 is 1.80 bits per heavy atom. The third kappa shape index (κ3) is 3.79. The summed E-state index contributed by atoms with van der Waals surface area (Å²) < 4.78 is 31.3. The van der Waals surface area contributed by atoms with E-state index in [-0.39, 0.29) is 11.3 Å². The molecular formula is C13H16ClNO4S. The molecule has 7 heteroatoms. The molecule has 5 nitrogen and oxygen atoms in total. The number of carbonyl (C=O) groups is 1. The van der Waals surface area contributed by atoms with Gasteiger partial charge in [0, 0.05) is 19.5 Å². The van der Waals surface area contributed by atoms with Crippen molar-refractivity contribution in [1.82, 2.24) is 4.31 Å². The van der Waals surface area contributed by atoms with Crippen molar-refractivity contribution in [2.75, 3.05) is 26.3 Å². The van der Waals surface area contributed by atoms with Crippen LogP contribution in [0, 0.1) is 0 Å². The lowest BCUT2D eigenvalue weighted by Gasteiger charge is -2.26. The van der Waals surface area contributed by atoms with Gasteiger partial charge in [-0.15, -0.1) is 0 Å². The zero-order valence-electron chi connectivity index (χ0n) is 10.9. The summed E-state index contributed by atoms with van der Waals surface area (Å²) in [4.78, 5) is 11.0. The molecule has 1 aliphatic rings. The lowest BCUT2D eigenvalue weighted by Crippen LogP contribution is -2.40. The first-order valence-corrected chi connectivity index (χ1v) is 8.17. The van der Waals surface area contributed by atoms with Crippen molar-refractivity contribution in [2.45, 2.75) is 17.7 Å². The molecule has 0 saturated carbocycles. The molecular weight excluding hydrogens is 302 g/mol. The van der Waals surface area contributed by atoms with Gasteiger partial charge in [-0.2, -0.15) is 4.31 Å². The van der Waals surface area contributed by atoms with Gasteiger partial charge in [0.05, 0.1) is 18.1 Å². The number of halogens is 1. The minimum absolute atomic E-state index is 0.247. The smallest absolute Gasteiger partial charge is 0.243 e. The average Bonchev–Trinajstić information content (AvgIpc) is 2.46. The summed E-state index contributed by atoms with van der Waals surface area (Å²) in [5.41, 5.74) is 0.889. The standard InChI is InChI=1S/C13H16ClNO4S/c14-13(16)6-3-11-1-4-12(5-2-11)20(17,18)15-7-9-19-10-8-15/h1-2,4-5H,3,6-10H2. The fraction of sp³-hybridized carbons (Fsp3) is 0.462. The first-order valence-electron chi connectivity index (χ1n) is 6.35.